The van der Waals surface area contributed by atoms with E-state index in [0.717, 1.165) is 0 Å². The SMILES string of the molecule is CN(C)c1nnc2c(=O)[nH]c(N)nc2n1. The number of nitrogens with two attached hydrogens (primary N) is 1. The number of aromatic nitrogens is 5. The highest BCUT2D eigenvalue weighted by atomic mass is 16.1. The number of anilines is 2. The summed E-state index contributed by atoms with van der Waals surface area (Å²) in [6, 6.07) is 0. The number of nitrogen functional groups attached to an aromatic ring is 1. The first-order valence-corrected chi connectivity index (χ1v) is 4.15. The van der Waals surface area contributed by atoms with Crippen LogP contribution in [0.2, 0.25) is 0 Å². The van der Waals surface area contributed by atoms with Gasteiger partial charge in [-0.05, 0) is 0 Å². The molecule has 2 aromatic heterocycles. The van der Waals surface area contributed by atoms with E-state index in [1.54, 1.807) is 19.0 Å². The molecule has 15 heavy (non-hydrogen) atoms. The van der Waals surface area contributed by atoms with Gasteiger partial charge in [0.05, 0.1) is 0 Å². The van der Waals surface area contributed by atoms with Crippen molar-refractivity contribution in [3.63, 3.8) is 0 Å². The summed E-state index contributed by atoms with van der Waals surface area (Å²) in [5, 5.41) is 7.49. The number of hydrogen-bond acceptors (Lipinski definition) is 7. The van der Waals surface area contributed by atoms with Crippen LogP contribution in [-0.2, 0) is 0 Å². The minimum atomic E-state index is -0.442. The van der Waals surface area contributed by atoms with E-state index in [9.17, 15) is 4.79 Å². The molecule has 8 nitrogen and oxygen atoms in total. The first-order chi connectivity index (χ1) is 7.08. The maximum Gasteiger partial charge on any atom is 0.282 e. The number of rotatable bonds is 1. The lowest BCUT2D eigenvalue weighted by atomic mass is 10.5. The van der Waals surface area contributed by atoms with Crippen molar-refractivity contribution >= 4 is 23.1 Å². The van der Waals surface area contributed by atoms with Crippen LogP contribution in [0, 0.1) is 0 Å². The zero-order valence-corrected chi connectivity index (χ0v) is 8.22. The maximum absolute atomic E-state index is 11.3. The van der Waals surface area contributed by atoms with Crippen molar-refractivity contribution in [2.45, 2.75) is 0 Å². The van der Waals surface area contributed by atoms with Gasteiger partial charge < -0.3 is 10.6 Å². The second-order valence-electron chi connectivity index (χ2n) is 3.13. The molecule has 0 bridgehead atoms. The van der Waals surface area contributed by atoms with E-state index in [4.69, 9.17) is 5.73 Å². The fourth-order valence-corrected chi connectivity index (χ4v) is 1.04. The average Bonchev–Trinajstić information content (AvgIpc) is 2.16. The Morgan fingerprint density at radius 1 is 1.27 bits per heavy atom. The molecule has 0 aliphatic heterocycles. The molecule has 2 heterocycles. The van der Waals surface area contributed by atoms with Crippen molar-refractivity contribution in [2.24, 2.45) is 0 Å². The quantitative estimate of drug-likeness (QED) is 0.600. The Kier molecular flexibility index (Phi) is 1.96. The van der Waals surface area contributed by atoms with Gasteiger partial charge in [-0.2, -0.15) is 9.97 Å². The van der Waals surface area contributed by atoms with E-state index >= 15 is 0 Å². The Labute approximate surface area is 84.2 Å². The van der Waals surface area contributed by atoms with E-state index in [2.05, 4.69) is 25.1 Å². The van der Waals surface area contributed by atoms with Gasteiger partial charge in [0, 0.05) is 14.1 Å². The molecule has 2 aromatic rings. The molecule has 2 rings (SSSR count). The molecule has 0 saturated carbocycles. The third-order valence-electron chi connectivity index (χ3n) is 1.74. The predicted octanol–water partition coefficient (Wildman–Crippen LogP) is -1.24. The maximum atomic E-state index is 11.3. The molecule has 0 saturated heterocycles. The van der Waals surface area contributed by atoms with Gasteiger partial charge in [-0.15, -0.1) is 10.2 Å². The normalized spacial score (nSPS) is 10.5. The highest BCUT2D eigenvalue weighted by Gasteiger charge is 2.08. The van der Waals surface area contributed by atoms with Crippen LogP contribution < -0.4 is 16.2 Å². The van der Waals surface area contributed by atoms with Crippen molar-refractivity contribution < 1.29 is 0 Å². The predicted molar refractivity (Wildman–Crippen MR) is 54.5 cm³/mol. The second-order valence-corrected chi connectivity index (χ2v) is 3.13. The fourth-order valence-electron chi connectivity index (χ4n) is 1.04. The molecular formula is C7H9N7O. The van der Waals surface area contributed by atoms with Gasteiger partial charge in [0.2, 0.25) is 11.9 Å². The highest BCUT2D eigenvalue weighted by molar-refractivity contribution is 5.69. The molecule has 0 aliphatic carbocycles. The molecule has 8 heteroatoms. The fraction of sp³-hybridized carbons (Fsp3) is 0.286. The lowest BCUT2D eigenvalue weighted by molar-refractivity contribution is 0.924. The second kappa shape index (κ2) is 3.15. The summed E-state index contributed by atoms with van der Waals surface area (Å²) in [6.07, 6.45) is 0. The molecular weight excluding hydrogens is 198 g/mol. The van der Waals surface area contributed by atoms with E-state index in [-0.39, 0.29) is 17.1 Å². The van der Waals surface area contributed by atoms with Crippen LogP contribution in [-0.4, -0.2) is 39.2 Å². The summed E-state index contributed by atoms with van der Waals surface area (Å²) in [5.74, 6) is 0.387. The van der Waals surface area contributed by atoms with Gasteiger partial charge in [0.25, 0.3) is 5.56 Å². The van der Waals surface area contributed by atoms with Crippen LogP contribution in [0.25, 0.3) is 11.2 Å². The molecule has 3 N–H and O–H groups in total. The first-order valence-electron chi connectivity index (χ1n) is 4.15. The Morgan fingerprint density at radius 3 is 2.67 bits per heavy atom. The topological polar surface area (TPSA) is 114 Å². The van der Waals surface area contributed by atoms with Gasteiger partial charge in [-0.3, -0.25) is 9.78 Å². The minimum Gasteiger partial charge on any atom is -0.369 e. The summed E-state index contributed by atoms with van der Waals surface area (Å²) in [4.78, 5) is 23.2. The summed E-state index contributed by atoms with van der Waals surface area (Å²) in [7, 11) is 3.53. The van der Waals surface area contributed by atoms with Gasteiger partial charge in [-0.25, -0.2) is 0 Å². The third kappa shape index (κ3) is 1.56. The van der Waals surface area contributed by atoms with E-state index < -0.39 is 5.56 Å². The first kappa shape index (κ1) is 9.31. The summed E-state index contributed by atoms with van der Waals surface area (Å²) in [6.45, 7) is 0. The van der Waals surface area contributed by atoms with E-state index in [1.165, 1.54) is 0 Å². The molecule has 0 atom stereocenters. The third-order valence-corrected chi connectivity index (χ3v) is 1.74. The van der Waals surface area contributed by atoms with Crippen LogP contribution in [0.1, 0.15) is 0 Å². The van der Waals surface area contributed by atoms with Crippen molar-refractivity contribution in [1.29, 1.82) is 0 Å². The van der Waals surface area contributed by atoms with Crippen LogP contribution in [0.15, 0.2) is 4.79 Å². The van der Waals surface area contributed by atoms with Crippen LogP contribution in [0.3, 0.4) is 0 Å². The number of aromatic amines is 1. The summed E-state index contributed by atoms with van der Waals surface area (Å²) < 4.78 is 0. The van der Waals surface area contributed by atoms with Crippen molar-refractivity contribution in [1.82, 2.24) is 25.1 Å². The van der Waals surface area contributed by atoms with Crippen LogP contribution >= 0.6 is 0 Å². The molecule has 0 spiro atoms. The minimum absolute atomic E-state index is 0.0118. The smallest absolute Gasteiger partial charge is 0.282 e. The summed E-state index contributed by atoms with van der Waals surface area (Å²) in [5.41, 5.74) is 5.21. The molecule has 0 fully saturated rings. The molecule has 0 amide bonds. The number of hydrogen-bond donors (Lipinski definition) is 2. The number of nitrogens with zero attached hydrogens (tertiary/aromatic N) is 5. The Bertz CT molecular complexity index is 561. The number of nitrogens with one attached hydrogen (secondary N) is 1. The van der Waals surface area contributed by atoms with E-state index in [0.29, 0.717) is 5.95 Å². The van der Waals surface area contributed by atoms with Crippen molar-refractivity contribution in [2.75, 3.05) is 24.7 Å². The Hall–Kier alpha value is -2.25. The lowest BCUT2D eigenvalue weighted by Crippen LogP contribution is -2.18. The average molecular weight is 207 g/mol. The van der Waals surface area contributed by atoms with Crippen LogP contribution in [0.5, 0.6) is 0 Å². The Balaban J connectivity index is 2.77. The van der Waals surface area contributed by atoms with Gasteiger partial charge in [-0.1, -0.05) is 0 Å². The standard InChI is InChI=1S/C7H9N7O/c1-14(2)7-10-4-3(12-13-7)5(15)11-6(8)9-4/h1-2H3,(H3,8,9,10,11,13,15). The number of H-pyrrole nitrogens is 1. The lowest BCUT2D eigenvalue weighted by Gasteiger charge is -2.08. The van der Waals surface area contributed by atoms with Crippen LogP contribution in [0.4, 0.5) is 11.9 Å². The molecule has 78 valence electrons. The van der Waals surface area contributed by atoms with Crippen molar-refractivity contribution in [3.05, 3.63) is 10.4 Å². The monoisotopic (exact) mass is 207 g/mol. The van der Waals surface area contributed by atoms with Gasteiger partial charge >= 0.3 is 0 Å². The molecule has 0 aliphatic rings. The van der Waals surface area contributed by atoms with E-state index in [1.807, 2.05) is 0 Å². The molecule has 0 unspecified atom stereocenters. The zero-order chi connectivity index (χ0) is 11.0. The molecule has 0 radical (unpaired) electrons. The summed E-state index contributed by atoms with van der Waals surface area (Å²) >= 11 is 0. The van der Waals surface area contributed by atoms with Gasteiger partial charge in [0.1, 0.15) is 0 Å². The Morgan fingerprint density at radius 2 is 2.00 bits per heavy atom. The molecule has 0 aromatic carbocycles. The zero-order valence-electron chi connectivity index (χ0n) is 8.22. The van der Waals surface area contributed by atoms with Crippen molar-refractivity contribution in [3.8, 4) is 0 Å². The van der Waals surface area contributed by atoms with Gasteiger partial charge in [0.15, 0.2) is 11.2 Å². The largest absolute Gasteiger partial charge is 0.369 e. The number of fused-ring (bicyclic) bond motifs is 1. The highest BCUT2D eigenvalue weighted by Crippen LogP contribution is 2.05.